The molecule has 19 heteroatoms. The first-order valence-corrected chi connectivity index (χ1v) is 43.7. The van der Waals surface area contributed by atoms with E-state index in [9.17, 15) is 43.2 Å². The van der Waals surface area contributed by atoms with Gasteiger partial charge in [-0.05, 0) is 167 Å². The quantitative estimate of drug-likeness (QED) is 0.0169. The van der Waals surface area contributed by atoms with Crippen LogP contribution in [0.3, 0.4) is 0 Å². The number of aliphatic hydroxyl groups excluding tert-OH is 1. The molecule has 0 saturated heterocycles. The van der Waals surface area contributed by atoms with Crippen LogP contribution in [-0.4, -0.2) is 96.7 Å². The third-order valence-corrected chi connectivity index (χ3v) is 17.9. The van der Waals surface area contributed by atoms with Gasteiger partial charge >= 0.3 is 39.5 Å². The molecule has 17 nitrogen and oxygen atoms in total. The number of aliphatic hydroxyl groups is 1. The van der Waals surface area contributed by atoms with Crippen molar-refractivity contribution in [2.24, 2.45) is 0 Å². The molecule has 3 N–H and O–H groups in total. The maximum absolute atomic E-state index is 13.1. The van der Waals surface area contributed by atoms with Crippen molar-refractivity contribution in [3.63, 3.8) is 0 Å². The average Bonchev–Trinajstić information content (AvgIpc) is 0.880. The summed E-state index contributed by atoms with van der Waals surface area (Å²) in [5.74, 6) is -2.35. The molecule has 0 aliphatic carbocycles. The van der Waals surface area contributed by atoms with Gasteiger partial charge in [0, 0.05) is 25.7 Å². The molecule has 0 spiro atoms. The van der Waals surface area contributed by atoms with Crippen LogP contribution in [0.2, 0.25) is 0 Å². The molecule has 0 bridgehead atoms. The average molecular weight is 1550 g/mol. The van der Waals surface area contributed by atoms with Crippen molar-refractivity contribution in [3.05, 3.63) is 194 Å². The lowest BCUT2D eigenvalue weighted by Crippen LogP contribution is -2.30. The van der Waals surface area contributed by atoms with E-state index >= 15 is 0 Å². The van der Waals surface area contributed by atoms with E-state index in [-0.39, 0.29) is 25.7 Å². The highest BCUT2D eigenvalue weighted by Gasteiger charge is 2.30. The number of carbonyl (C=O) groups is 4. The van der Waals surface area contributed by atoms with Crippen LogP contribution in [0, 0.1) is 0 Å². The van der Waals surface area contributed by atoms with Gasteiger partial charge in [0.15, 0.2) is 12.2 Å². The monoisotopic (exact) mass is 1540 g/mol. The number of phosphoric acid groups is 2. The first-order chi connectivity index (χ1) is 52.7. The molecule has 0 aromatic rings. The largest absolute Gasteiger partial charge is 0.472 e. The summed E-state index contributed by atoms with van der Waals surface area (Å²) in [6.45, 7) is 4.26. The van der Waals surface area contributed by atoms with Gasteiger partial charge in [-0.3, -0.25) is 37.3 Å². The smallest absolute Gasteiger partial charge is 0.462 e. The van der Waals surface area contributed by atoms with Crippen LogP contribution in [-0.2, 0) is 65.4 Å². The number of hydrogen-bond acceptors (Lipinski definition) is 15. The molecule has 0 radical (unpaired) electrons. The van der Waals surface area contributed by atoms with Crippen molar-refractivity contribution in [1.82, 2.24) is 0 Å². The highest BCUT2D eigenvalue weighted by molar-refractivity contribution is 7.47. The SMILES string of the molecule is CC/C=C\C/C=C\C/C=C\C/C=C\C/C=C\CCCC(=O)OCC(COP(=O)(O)OCC(O)COP(=O)(O)OCC(COC(=O)CCC/C=C\C/C=C\C/C=C\C/C=C\C/C=C\CC)OC(=O)CCCCCCCCC/C=C\C/C=C\C/C=C\CC)OC(=O)CCCCCCCCC/C=C\C/C=C\C/C=C\CC. The molecule has 4 unspecified atom stereocenters. The lowest BCUT2D eigenvalue weighted by molar-refractivity contribution is -0.161. The summed E-state index contributed by atoms with van der Waals surface area (Å²) < 4.78 is 68.6. The van der Waals surface area contributed by atoms with Gasteiger partial charge < -0.3 is 33.8 Å². The summed E-state index contributed by atoms with van der Waals surface area (Å²) in [5, 5.41) is 10.7. The normalized spacial score (nSPS) is 14.8. The third kappa shape index (κ3) is 78.0. The highest BCUT2D eigenvalue weighted by atomic mass is 31.2. The first-order valence-electron chi connectivity index (χ1n) is 40.7. The molecule has 0 rings (SSSR count). The molecule has 108 heavy (non-hydrogen) atoms. The van der Waals surface area contributed by atoms with Gasteiger partial charge in [-0.2, -0.15) is 0 Å². The second kappa shape index (κ2) is 79.0. The number of rotatable bonds is 74. The maximum atomic E-state index is 13.1. The lowest BCUT2D eigenvalue weighted by atomic mass is 10.1. The number of ether oxygens (including phenoxy) is 4. The Morgan fingerprint density at radius 1 is 0.259 bits per heavy atom. The topological polar surface area (TPSA) is 237 Å². The Hall–Kier alpha value is -6.10. The first kappa shape index (κ1) is 102. The number of unbranched alkanes of at least 4 members (excludes halogenated alkanes) is 16. The predicted molar refractivity (Wildman–Crippen MR) is 445 cm³/mol. The van der Waals surface area contributed by atoms with Crippen molar-refractivity contribution >= 4 is 39.5 Å². The molecular weight excluding hydrogens is 1400 g/mol. The minimum atomic E-state index is -5.01. The van der Waals surface area contributed by atoms with Gasteiger partial charge in [0.05, 0.1) is 26.4 Å². The number of esters is 4. The van der Waals surface area contributed by atoms with Crippen LogP contribution in [0.5, 0.6) is 0 Å². The summed E-state index contributed by atoms with van der Waals surface area (Å²) >= 11 is 0. The Balaban J connectivity index is 5.51. The minimum absolute atomic E-state index is 0.0625. The predicted octanol–water partition coefficient (Wildman–Crippen LogP) is 24.1. The Kier molecular flexibility index (Phi) is 74.5. The Bertz CT molecular complexity index is 2630. The van der Waals surface area contributed by atoms with E-state index in [4.69, 9.17) is 37.0 Å². The van der Waals surface area contributed by atoms with Gasteiger partial charge in [-0.1, -0.05) is 286 Å². The molecule has 0 amide bonds. The van der Waals surface area contributed by atoms with E-state index < -0.39 is 97.5 Å². The standard InChI is InChI=1S/C89H142O17P2/c1-5-9-13-17-21-25-29-33-37-41-45-49-53-57-61-65-69-73-86(91)99-79-84(105-88(93)75-71-67-63-59-55-51-47-43-39-35-31-27-23-19-15-11-7-3)81-103-107(95,96)101-77-83(90)78-102-108(97,98)104-82-85(106-89(94)76-72-68-64-60-56-52-48-44-40-36-32-28-24-20-16-12-8-4)80-100-87(92)74-70-66-62-58-54-50-46-42-38-34-30-26-22-18-14-10-6-2/h9-16,21-28,33-40,45-46,49-50,57-58,61-62,83-85,90H,5-8,17-20,29-32,41-44,47-48,51-56,59-60,63-82H2,1-4H3,(H,95,96)(H,97,98)/b13-9-,14-10-,15-11-,16-12-,25-21-,26-22-,27-23-,28-24-,37-33-,38-34-,39-35-,40-36-,49-45-,50-46-,61-57-,62-58-. The summed E-state index contributed by atoms with van der Waals surface area (Å²) in [6.07, 6.45) is 97.0. The second-order valence-electron chi connectivity index (χ2n) is 26.2. The Morgan fingerprint density at radius 2 is 0.463 bits per heavy atom. The summed E-state index contributed by atoms with van der Waals surface area (Å²) in [6, 6.07) is 0. The molecule has 0 heterocycles. The maximum Gasteiger partial charge on any atom is 0.472 e. The molecule has 0 aliphatic rings. The Morgan fingerprint density at radius 3 is 0.722 bits per heavy atom. The van der Waals surface area contributed by atoms with Gasteiger partial charge in [0.2, 0.25) is 0 Å². The van der Waals surface area contributed by atoms with Crippen molar-refractivity contribution in [1.29, 1.82) is 0 Å². The molecule has 0 aromatic heterocycles. The molecule has 0 aliphatic heterocycles. The molecule has 4 atom stereocenters. The zero-order chi connectivity index (χ0) is 78.9. The van der Waals surface area contributed by atoms with Crippen LogP contribution < -0.4 is 0 Å². The summed E-state index contributed by atoms with van der Waals surface area (Å²) in [4.78, 5) is 73.1. The van der Waals surface area contributed by atoms with Gasteiger partial charge in [0.25, 0.3) is 0 Å². The lowest BCUT2D eigenvalue weighted by Gasteiger charge is -2.21. The zero-order valence-electron chi connectivity index (χ0n) is 66.7. The highest BCUT2D eigenvalue weighted by Crippen LogP contribution is 2.45. The van der Waals surface area contributed by atoms with Crippen LogP contribution in [0.4, 0.5) is 0 Å². The third-order valence-electron chi connectivity index (χ3n) is 16.0. The molecular formula is C89H142O17P2. The van der Waals surface area contributed by atoms with E-state index in [1.54, 1.807) is 0 Å². The fourth-order valence-electron chi connectivity index (χ4n) is 10.0. The van der Waals surface area contributed by atoms with Crippen LogP contribution >= 0.6 is 15.6 Å². The van der Waals surface area contributed by atoms with E-state index in [0.717, 1.165) is 193 Å². The van der Waals surface area contributed by atoms with Crippen LogP contribution in [0.15, 0.2) is 194 Å². The molecule has 610 valence electrons. The van der Waals surface area contributed by atoms with Crippen molar-refractivity contribution in [2.75, 3.05) is 39.6 Å². The zero-order valence-corrected chi connectivity index (χ0v) is 68.5. The fourth-order valence-corrected chi connectivity index (χ4v) is 11.6. The van der Waals surface area contributed by atoms with E-state index in [0.29, 0.717) is 38.5 Å². The van der Waals surface area contributed by atoms with E-state index in [1.807, 2.05) is 24.3 Å². The van der Waals surface area contributed by atoms with Gasteiger partial charge in [-0.15, -0.1) is 0 Å². The molecule has 0 fully saturated rings. The number of carbonyl (C=O) groups excluding carboxylic acids is 4. The minimum Gasteiger partial charge on any atom is -0.462 e. The molecule has 0 saturated carbocycles. The Labute approximate surface area is 653 Å². The summed E-state index contributed by atoms with van der Waals surface area (Å²) in [7, 11) is -10.0. The number of allylic oxidation sites excluding steroid dienone is 32. The van der Waals surface area contributed by atoms with Crippen LogP contribution in [0.1, 0.15) is 285 Å². The molecule has 0 aromatic carbocycles. The van der Waals surface area contributed by atoms with Crippen molar-refractivity contribution < 1.29 is 80.2 Å². The second-order valence-corrected chi connectivity index (χ2v) is 29.1. The number of phosphoric ester groups is 2. The van der Waals surface area contributed by atoms with Crippen molar-refractivity contribution in [2.45, 2.75) is 303 Å². The fraction of sp³-hybridized carbons (Fsp3) is 0.596. The van der Waals surface area contributed by atoms with E-state index in [2.05, 4.69) is 198 Å². The van der Waals surface area contributed by atoms with Gasteiger partial charge in [0.1, 0.15) is 19.3 Å². The van der Waals surface area contributed by atoms with Crippen LogP contribution in [0.25, 0.3) is 0 Å². The van der Waals surface area contributed by atoms with Gasteiger partial charge in [-0.25, -0.2) is 9.13 Å². The van der Waals surface area contributed by atoms with E-state index in [1.165, 1.54) is 0 Å². The summed E-state index contributed by atoms with van der Waals surface area (Å²) in [5.41, 5.74) is 0. The number of hydrogen-bond donors (Lipinski definition) is 3. The van der Waals surface area contributed by atoms with Crippen molar-refractivity contribution in [3.8, 4) is 0 Å².